The summed E-state index contributed by atoms with van der Waals surface area (Å²) in [4.78, 5) is 18.2. The molecule has 0 fully saturated rings. The van der Waals surface area contributed by atoms with Crippen LogP contribution in [-0.4, -0.2) is 30.3 Å². The van der Waals surface area contributed by atoms with E-state index >= 15 is 0 Å². The fraction of sp³-hybridized carbons (Fsp3) is 0.360. The van der Waals surface area contributed by atoms with Crippen LogP contribution in [0.3, 0.4) is 0 Å². The van der Waals surface area contributed by atoms with Crippen molar-refractivity contribution < 1.29 is 19.0 Å². The van der Waals surface area contributed by atoms with Crippen LogP contribution in [0.25, 0.3) is 10.2 Å². The van der Waals surface area contributed by atoms with E-state index in [1.165, 1.54) is 11.3 Å². The lowest BCUT2D eigenvalue weighted by atomic mass is 10.1. The third-order valence-electron chi connectivity index (χ3n) is 4.71. The van der Waals surface area contributed by atoms with Gasteiger partial charge in [0.25, 0.3) is 5.91 Å². The molecule has 0 aliphatic heterocycles. The molecule has 0 aliphatic carbocycles. The van der Waals surface area contributed by atoms with Crippen molar-refractivity contribution in [2.45, 2.75) is 41.2 Å². The van der Waals surface area contributed by atoms with Crippen molar-refractivity contribution in [3.63, 3.8) is 0 Å². The van der Waals surface area contributed by atoms with Crippen LogP contribution < -0.4 is 19.0 Å². The van der Waals surface area contributed by atoms with E-state index in [-0.39, 0.29) is 0 Å². The van der Waals surface area contributed by atoms with Gasteiger partial charge in [0, 0.05) is 5.56 Å². The number of rotatable bonds is 8. The van der Waals surface area contributed by atoms with Gasteiger partial charge in [-0.15, -0.1) is 6.42 Å². The van der Waals surface area contributed by atoms with Crippen LogP contribution >= 0.6 is 11.3 Å². The molecule has 1 amide bonds. The summed E-state index contributed by atoms with van der Waals surface area (Å²) < 4.78 is 20.1. The molecule has 0 radical (unpaired) electrons. The van der Waals surface area contributed by atoms with Crippen molar-refractivity contribution in [2.75, 3.05) is 19.8 Å². The monoisotopic (exact) mass is 452 g/mol. The van der Waals surface area contributed by atoms with Gasteiger partial charge in [-0.3, -0.25) is 4.79 Å². The number of fused-ring (bicyclic) bond motifs is 1. The van der Waals surface area contributed by atoms with Crippen LogP contribution in [0.15, 0.2) is 29.3 Å². The van der Waals surface area contributed by atoms with Gasteiger partial charge in [-0.1, -0.05) is 23.3 Å². The van der Waals surface area contributed by atoms with Gasteiger partial charge in [0.05, 0.1) is 36.6 Å². The van der Waals surface area contributed by atoms with Crippen LogP contribution in [0.2, 0.25) is 0 Å². The number of hydrogen-bond acceptors (Lipinski definition) is 5. The van der Waals surface area contributed by atoms with Gasteiger partial charge in [0.15, 0.2) is 16.3 Å². The first-order chi connectivity index (χ1) is 15.4. The number of terminal acetylenes is 1. The van der Waals surface area contributed by atoms with E-state index < -0.39 is 5.91 Å². The Morgan fingerprint density at radius 1 is 1.03 bits per heavy atom. The number of amides is 1. The third kappa shape index (κ3) is 4.81. The Bertz CT molecular complexity index is 1220. The first-order valence-electron chi connectivity index (χ1n) is 10.6. The normalized spacial score (nSPS) is 11.4. The summed E-state index contributed by atoms with van der Waals surface area (Å²) in [6, 6.07) is 7.48. The number of ether oxygens (including phenoxy) is 3. The smallest absolute Gasteiger partial charge is 0.279 e. The lowest BCUT2D eigenvalue weighted by molar-refractivity contribution is 0.0996. The Morgan fingerprint density at radius 2 is 1.66 bits per heavy atom. The minimum Gasteiger partial charge on any atom is -0.490 e. The largest absolute Gasteiger partial charge is 0.490 e. The molecule has 0 saturated heterocycles. The van der Waals surface area contributed by atoms with Gasteiger partial charge in [-0.05, 0) is 63.9 Å². The zero-order valence-corrected chi connectivity index (χ0v) is 20.0. The molecule has 3 rings (SSSR count). The molecule has 0 unspecified atom stereocenters. The number of carbonyl (C=O) groups excluding carboxylic acids is 1. The predicted octanol–water partition coefficient (Wildman–Crippen LogP) is 4.89. The van der Waals surface area contributed by atoms with Gasteiger partial charge in [0.1, 0.15) is 0 Å². The zero-order chi connectivity index (χ0) is 23.3. The molecule has 0 aliphatic rings. The van der Waals surface area contributed by atoms with Gasteiger partial charge in [-0.2, -0.15) is 4.99 Å². The Balaban J connectivity index is 2.17. The highest BCUT2D eigenvalue weighted by molar-refractivity contribution is 7.16. The average molecular weight is 453 g/mol. The minimum absolute atomic E-state index is 0.327. The molecule has 0 saturated carbocycles. The van der Waals surface area contributed by atoms with Crippen LogP contribution in [0.1, 0.15) is 42.3 Å². The van der Waals surface area contributed by atoms with Crippen LogP contribution in [-0.2, 0) is 6.54 Å². The number of nitrogens with zero attached hydrogens (tertiary/aromatic N) is 2. The second-order valence-electron chi connectivity index (χ2n) is 7.12. The molecule has 0 atom stereocenters. The van der Waals surface area contributed by atoms with E-state index in [4.69, 9.17) is 20.6 Å². The number of carbonyl (C=O) groups is 1. The number of benzene rings is 2. The quantitative estimate of drug-likeness (QED) is 0.457. The van der Waals surface area contributed by atoms with E-state index in [2.05, 4.69) is 23.0 Å². The molecule has 1 heterocycles. The van der Waals surface area contributed by atoms with E-state index in [9.17, 15) is 4.79 Å². The van der Waals surface area contributed by atoms with Crippen molar-refractivity contribution in [3.8, 4) is 29.6 Å². The van der Waals surface area contributed by atoms with E-state index in [1.807, 2.05) is 39.2 Å². The Kier molecular flexibility index (Phi) is 7.60. The van der Waals surface area contributed by atoms with Crippen LogP contribution in [0, 0.1) is 26.2 Å². The summed E-state index contributed by atoms with van der Waals surface area (Å²) >= 11 is 1.45. The van der Waals surface area contributed by atoms with E-state index in [1.54, 1.807) is 12.1 Å². The summed E-state index contributed by atoms with van der Waals surface area (Å²) in [5.41, 5.74) is 3.61. The maximum absolute atomic E-state index is 13.2. The van der Waals surface area contributed by atoms with Crippen LogP contribution in [0.5, 0.6) is 17.2 Å². The maximum Gasteiger partial charge on any atom is 0.279 e. The third-order valence-corrected chi connectivity index (χ3v) is 5.74. The first kappa shape index (κ1) is 23.4. The molecule has 2 aromatic carbocycles. The number of aryl methyl sites for hydroxylation is 2. The SMILES string of the molecule is C#CCn1c(=NC(=O)c2cc(OCC)c(OCC)c(OCC)c2)sc2cc(C)cc(C)c21. The molecule has 168 valence electrons. The second-order valence-corrected chi connectivity index (χ2v) is 8.13. The fourth-order valence-corrected chi connectivity index (χ4v) is 4.78. The highest BCUT2D eigenvalue weighted by Gasteiger charge is 2.19. The lowest BCUT2D eigenvalue weighted by Crippen LogP contribution is -2.17. The molecule has 0 N–H and O–H groups in total. The molecule has 0 spiro atoms. The van der Waals surface area contributed by atoms with Crippen LogP contribution in [0.4, 0.5) is 0 Å². The van der Waals surface area contributed by atoms with Crippen molar-refractivity contribution in [3.05, 3.63) is 45.8 Å². The van der Waals surface area contributed by atoms with Gasteiger partial charge in [-0.25, -0.2) is 0 Å². The van der Waals surface area contributed by atoms with Gasteiger partial charge >= 0.3 is 0 Å². The molecular formula is C25H28N2O4S. The number of thiazole rings is 1. The Hall–Kier alpha value is -3.24. The maximum atomic E-state index is 13.2. The Morgan fingerprint density at radius 3 is 2.22 bits per heavy atom. The molecule has 32 heavy (non-hydrogen) atoms. The predicted molar refractivity (Wildman–Crippen MR) is 128 cm³/mol. The highest BCUT2D eigenvalue weighted by atomic mass is 32.1. The summed E-state index contributed by atoms with van der Waals surface area (Å²) in [5.74, 6) is 3.67. The topological polar surface area (TPSA) is 62.1 Å². The zero-order valence-electron chi connectivity index (χ0n) is 19.2. The van der Waals surface area contributed by atoms with Gasteiger partial charge < -0.3 is 18.8 Å². The van der Waals surface area contributed by atoms with E-state index in [0.29, 0.717) is 54.0 Å². The Labute approximate surface area is 192 Å². The summed E-state index contributed by atoms with van der Waals surface area (Å²) in [6.45, 7) is 11.3. The number of hydrogen-bond donors (Lipinski definition) is 0. The van der Waals surface area contributed by atoms with Crippen molar-refractivity contribution in [1.82, 2.24) is 4.57 Å². The molecule has 0 bridgehead atoms. The summed E-state index contributed by atoms with van der Waals surface area (Å²) in [7, 11) is 0. The van der Waals surface area contributed by atoms with E-state index in [0.717, 1.165) is 21.3 Å². The van der Waals surface area contributed by atoms with Crippen molar-refractivity contribution in [1.29, 1.82) is 0 Å². The summed E-state index contributed by atoms with van der Waals surface area (Å²) in [5, 5.41) is 0. The minimum atomic E-state index is -0.401. The van der Waals surface area contributed by atoms with Crippen molar-refractivity contribution >= 4 is 27.5 Å². The van der Waals surface area contributed by atoms with Gasteiger partial charge in [0.2, 0.25) is 5.75 Å². The summed E-state index contributed by atoms with van der Waals surface area (Å²) in [6.07, 6.45) is 5.61. The average Bonchev–Trinajstić information content (AvgIpc) is 3.07. The molecular weight excluding hydrogens is 424 g/mol. The molecule has 1 aromatic heterocycles. The molecule has 7 heteroatoms. The first-order valence-corrected chi connectivity index (χ1v) is 11.4. The molecule has 6 nitrogen and oxygen atoms in total. The van der Waals surface area contributed by atoms with Crippen molar-refractivity contribution in [2.24, 2.45) is 4.99 Å². The lowest BCUT2D eigenvalue weighted by Gasteiger charge is -2.16. The molecule has 3 aromatic rings. The number of aromatic nitrogens is 1. The standard InChI is InChI=1S/C25H28N2O4S/c1-7-11-27-22-17(6)12-16(5)13-21(22)32-25(27)26-24(28)18-14-19(29-8-2)23(31-10-4)20(15-18)30-9-3/h1,12-15H,8-11H2,2-6H3. The fourth-order valence-electron chi connectivity index (χ4n) is 3.58. The highest BCUT2D eigenvalue weighted by Crippen LogP contribution is 2.39. The second kappa shape index (κ2) is 10.4.